The minimum Gasteiger partial charge on any atom is -0.390 e. The number of benzene rings is 1. The molecule has 110 valence electrons. The van der Waals surface area contributed by atoms with Crippen molar-refractivity contribution in [2.24, 2.45) is 0 Å². The Morgan fingerprint density at radius 1 is 1.33 bits per heavy atom. The van der Waals surface area contributed by atoms with Gasteiger partial charge in [-0.15, -0.1) is 0 Å². The Morgan fingerprint density at radius 3 is 2.95 bits per heavy atom. The Morgan fingerprint density at radius 2 is 2.14 bits per heavy atom. The normalized spacial score (nSPS) is 20.3. The molecule has 0 bridgehead atoms. The third kappa shape index (κ3) is 2.59. The van der Waals surface area contributed by atoms with Crippen LogP contribution in [0.5, 0.6) is 0 Å². The molecular weight excluding hydrogens is 264 g/mol. The molecule has 1 aliphatic rings. The van der Waals surface area contributed by atoms with Gasteiger partial charge >= 0.3 is 0 Å². The maximum atomic E-state index is 12.5. The number of fused-ring (bicyclic) bond motifs is 1. The molecule has 2 atom stereocenters. The zero-order valence-electron chi connectivity index (χ0n) is 12.1. The third-order valence-electron chi connectivity index (χ3n) is 4.02. The number of hydrogen-bond donors (Lipinski definition) is 2. The summed E-state index contributed by atoms with van der Waals surface area (Å²) in [5, 5.41) is 13.2. The molecule has 1 heterocycles. The van der Waals surface area contributed by atoms with E-state index in [2.05, 4.69) is 12.2 Å². The van der Waals surface area contributed by atoms with Crippen LogP contribution in [-0.4, -0.2) is 21.7 Å². The minimum absolute atomic E-state index is 0.130. The minimum atomic E-state index is -0.555. The van der Waals surface area contributed by atoms with E-state index in [0.29, 0.717) is 12.1 Å². The number of nitrogens with zero attached hydrogens (tertiary/aromatic N) is 1. The van der Waals surface area contributed by atoms with Gasteiger partial charge in [0.15, 0.2) is 0 Å². The topological polar surface area (TPSA) is 54.3 Å². The van der Waals surface area contributed by atoms with Gasteiger partial charge in [-0.3, -0.25) is 4.79 Å². The van der Waals surface area contributed by atoms with Crippen molar-refractivity contribution in [3.63, 3.8) is 0 Å². The number of aliphatic hydroxyl groups is 1. The number of amides is 1. The SMILES string of the molecule is CCCn1cccc1C(=O)N[C@H]1c2ccccc2C[C@H]1O. The van der Waals surface area contributed by atoms with Crippen LogP contribution >= 0.6 is 0 Å². The van der Waals surface area contributed by atoms with Crippen molar-refractivity contribution in [3.8, 4) is 0 Å². The first-order valence-corrected chi connectivity index (χ1v) is 7.42. The van der Waals surface area contributed by atoms with E-state index >= 15 is 0 Å². The molecule has 2 aromatic rings. The summed E-state index contributed by atoms with van der Waals surface area (Å²) < 4.78 is 1.95. The highest BCUT2D eigenvalue weighted by Gasteiger charge is 2.32. The maximum absolute atomic E-state index is 12.5. The highest BCUT2D eigenvalue weighted by Crippen LogP contribution is 2.31. The summed E-state index contributed by atoms with van der Waals surface area (Å²) in [5.74, 6) is -0.130. The molecule has 1 aromatic heterocycles. The molecule has 2 N–H and O–H groups in total. The zero-order valence-corrected chi connectivity index (χ0v) is 12.1. The van der Waals surface area contributed by atoms with Crippen LogP contribution in [0.3, 0.4) is 0 Å². The summed E-state index contributed by atoms with van der Waals surface area (Å²) in [5.41, 5.74) is 2.78. The van der Waals surface area contributed by atoms with Gasteiger partial charge < -0.3 is 15.0 Å². The second-order valence-corrected chi connectivity index (χ2v) is 5.51. The molecular formula is C17H20N2O2. The summed E-state index contributed by atoms with van der Waals surface area (Å²) in [6.45, 7) is 2.90. The molecule has 1 aromatic carbocycles. The van der Waals surface area contributed by atoms with Crippen LogP contribution in [0.4, 0.5) is 0 Å². The van der Waals surface area contributed by atoms with Gasteiger partial charge in [-0.05, 0) is 29.7 Å². The van der Waals surface area contributed by atoms with Gasteiger partial charge in [-0.2, -0.15) is 0 Å². The summed E-state index contributed by atoms with van der Waals surface area (Å²) >= 11 is 0. The standard InChI is InChI=1S/C17H20N2O2/c1-2-9-19-10-5-8-14(19)17(21)18-16-13-7-4-3-6-12(13)11-15(16)20/h3-8,10,15-16,20H,2,9,11H2,1H3,(H,18,21)/t15-,16+/m1/s1. The van der Waals surface area contributed by atoms with Gasteiger partial charge in [0, 0.05) is 19.2 Å². The fourth-order valence-electron chi connectivity index (χ4n) is 3.02. The van der Waals surface area contributed by atoms with Crippen LogP contribution in [0, 0.1) is 0 Å². The smallest absolute Gasteiger partial charge is 0.268 e. The van der Waals surface area contributed by atoms with Crippen LogP contribution in [0.2, 0.25) is 0 Å². The molecule has 4 heteroatoms. The van der Waals surface area contributed by atoms with Crippen LogP contribution in [0.1, 0.15) is 41.0 Å². The molecule has 0 radical (unpaired) electrons. The first-order chi connectivity index (χ1) is 10.2. The van der Waals surface area contributed by atoms with E-state index in [1.807, 2.05) is 47.2 Å². The van der Waals surface area contributed by atoms with Crippen molar-refractivity contribution in [2.75, 3.05) is 0 Å². The molecule has 1 aliphatic carbocycles. The summed E-state index contributed by atoms with van der Waals surface area (Å²) in [6, 6.07) is 11.3. The number of nitrogens with one attached hydrogen (secondary N) is 1. The van der Waals surface area contributed by atoms with Gasteiger partial charge in [-0.1, -0.05) is 31.2 Å². The average molecular weight is 284 g/mol. The monoisotopic (exact) mass is 284 g/mol. The van der Waals surface area contributed by atoms with Crippen molar-refractivity contribution in [3.05, 3.63) is 59.4 Å². The number of aliphatic hydroxyl groups excluding tert-OH is 1. The van der Waals surface area contributed by atoms with E-state index in [-0.39, 0.29) is 11.9 Å². The molecule has 0 aliphatic heterocycles. The van der Waals surface area contributed by atoms with Crippen LogP contribution in [-0.2, 0) is 13.0 Å². The molecule has 0 saturated heterocycles. The van der Waals surface area contributed by atoms with E-state index in [9.17, 15) is 9.90 Å². The van der Waals surface area contributed by atoms with Crippen molar-refractivity contribution in [1.29, 1.82) is 0 Å². The van der Waals surface area contributed by atoms with E-state index in [4.69, 9.17) is 0 Å². The third-order valence-corrected chi connectivity index (χ3v) is 4.02. The molecule has 1 amide bonds. The summed E-state index contributed by atoms with van der Waals surface area (Å²) in [7, 11) is 0. The van der Waals surface area contributed by atoms with E-state index < -0.39 is 6.10 Å². The number of carbonyl (C=O) groups excluding carboxylic acids is 1. The molecule has 0 unspecified atom stereocenters. The van der Waals surface area contributed by atoms with Crippen molar-refractivity contribution >= 4 is 5.91 Å². The molecule has 4 nitrogen and oxygen atoms in total. The number of rotatable bonds is 4. The fraction of sp³-hybridized carbons (Fsp3) is 0.353. The Bertz CT molecular complexity index is 648. The maximum Gasteiger partial charge on any atom is 0.268 e. The first kappa shape index (κ1) is 13.9. The van der Waals surface area contributed by atoms with Gasteiger partial charge in [0.25, 0.3) is 5.91 Å². The van der Waals surface area contributed by atoms with Crippen LogP contribution in [0.25, 0.3) is 0 Å². The first-order valence-electron chi connectivity index (χ1n) is 7.42. The second-order valence-electron chi connectivity index (χ2n) is 5.51. The zero-order chi connectivity index (χ0) is 14.8. The van der Waals surface area contributed by atoms with Crippen molar-refractivity contribution in [2.45, 2.75) is 38.5 Å². The van der Waals surface area contributed by atoms with Gasteiger partial charge in [0.05, 0.1) is 12.1 Å². The Kier molecular flexibility index (Phi) is 3.80. The Hall–Kier alpha value is -2.07. The average Bonchev–Trinajstić information content (AvgIpc) is 3.05. The quantitative estimate of drug-likeness (QED) is 0.905. The van der Waals surface area contributed by atoms with E-state index in [1.54, 1.807) is 0 Å². The van der Waals surface area contributed by atoms with E-state index in [1.165, 1.54) is 0 Å². The molecule has 3 rings (SSSR count). The number of hydrogen-bond acceptors (Lipinski definition) is 2. The van der Waals surface area contributed by atoms with Gasteiger partial charge in [0.2, 0.25) is 0 Å². The highest BCUT2D eigenvalue weighted by molar-refractivity contribution is 5.93. The highest BCUT2D eigenvalue weighted by atomic mass is 16.3. The molecule has 0 spiro atoms. The lowest BCUT2D eigenvalue weighted by Crippen LogP contribution is -2.34. The number of aryl methyl sites for hydroxylation is 1. The Balaban J connectivity index is 1.80. The molecule has 21 heavy (non-hydrogen) atoms. The Labute approximate surface area is 124 Å². The second kappa shape index (κ2) is 5.74. The molecule has 0 saturated carbocycles. The van der Waals surface area contributed by atoms with Crippen LogP contribution in [0.15, 0.2) is 42.6 Å². The molecule has 0 fully saturated rings. The van der Waals surface area contributed by atoms with Crippen molar-refractivity contribution in [1.82, 2.24) is 9.88 Å². The van der Waals surface area contributed by atoms with Gasteiger partial charge in [-0.25, -0.2) is 0 Å². The lowest BCUT2D eigenvalue weighted by Gasteiger charge is -2.18. The van der Waals surface area contributed by atoms with Crippen molar-refractivity contribution < 1.29 is 9.90 Å². The predicted octanol–water partition coefficient (Wildman–Crippen LogP) is 2.29. The number of carbonyl (C=O) groups is 1. The predicted molar refractivity (Wildman–Crippen MR) is 81.1 cm³/mol. The lowest BCUT2D eigenvalue weighted by atomic mass is 10.1. The summed E-state index contributed by atoms with van der Waals surface area (Å²) in [4.78, 5) is 12.5. The fourth-order valence-corrected chi connectivity index (χ4v) is 3.02. The van der Waals surface area contributed by atoms with Gasteiger partial charge in [0.1, 0.15) is 5.69 Å². The van der Waals surface area contributed by atoms with Crippen LogP contribution < -0.4 is 5.32 Å². The lowest BCUT2D eigenvalue weighted by molar-refractivity contribution is 0.0849. The summed E-state index contributed by atoms with van der Waals surface area (Å²) in [6.07, 6.45) is 2.93. The van der Waals surface area contributed by atoms with E-state index in [0.717, 1.165) is 24.1 Å². The number of aromatic nitrogens is 1. The largest absolute Gasteiger partial charge is 0.390 e.